The lowest BCUT2D eigenvalue weighted by Crippen LogP contribution is -2.19. The highest BCUT2D eigenvalue weighted by Gasteiger charge is 2.23. The van der Waals surface area contributed by atoms with Crippen LogP contribution >= 0.6 is 11.3 Å². The number of pyridine rings is 1. The highest BCUT2D eigenvalue weighted by Crippen LogP contribution is 2.37. The Morgan fingerprint density at radius 3 is 2.94 bits per heavy atom. The van der Waals surface area contributed by atoms with Crippen LogP contribution in [-0.2, 0) is 6.42 Å². The summed E-state index contributed by atoms with van der Waals surface area (Å²) in [4.78, 5) is 10.2. The summed E-state index contributed by atoms with van der Waals surface area (Å²) in [6, 6.07) is 4.55. The van der Waals surface area contributed by atoms with Crippen molar-refractivity contribution in [2.45, 2.75) is 25.3 Å². The van der Waals surface area contributed by atoms with Crippen LogP contribution in [0.1, 0.15) is 29.5 Å². The minimum atomic E-state index is 0.492. The number of aromatic nitrogens is 2. The molecular formula is C13H15N3S. The molecule has 2 aromatic heterocycles. The Bertz CT molecular complexity index is 507. The van der Waals surface area contributed by atoms with E-state index < -0.39 is 0 Å². The summed E-state index contributed by atoms with van der Waals surface area (Å²) in [5.41, 5.74) is 2.46. The maximum Gasteiger partial charge on any atom is 0.124 e. The minimum absolute atomic E-state index is 0.492. The molecule has 1 aliphatic carbocycles. The van der Waals surface area contributed by atoms with E-state index >= 15 is 0 Å². The van der Waals surface area contributed by atoms with Gasteiger partial charge in [-0.15, -0.1) is 11.3 Å². The molecule has 0 amide bonds. The van der Waals surface area contributed by atoms with Crippen molar-refractivity contribution in [3.05, 3.63) is 35.1 Å². The van der Waals surface area contributed by atoms with Gasteiger partial charge in [0.2, 0.25) is 0 Å². The van der Waals surface area contributed by atoms with Gasteiger partial charge in [0.25, 0.3) is 0 Å². The number of thiazole rings is 1. The summed E-state index contributed by atoms with van der Waals surface area (Å²) < 4.78 is 0. The fourth-order valence-electron chi connectivity index (χ4n) is 2.31. The molecule has 1 aliphatic rings. The van der Waals surface area contributed by atoms with E-state index in [0.717, 1.165) is 11.4 Å². The number of aryl methyl sites for hydroxylation is 1. The molecule has 0 spiro atoms. The quantitative estimate of drug-likeness (QED) is 0.884. The molecule has 0 fully saturated rings. The van der Waals surface area contributed by atoms with Gasteiger partial charge < -0.3 is 5.32 Å². The number of nitrogens with zero attached hydrogens (tertiary/aromatic N) is 2. The Balaban J connectivity index is 2.02. The van der Waals surface area contributed by atoms with E-state index in [4.69, 9.17) is 4.98 Å². The maximum absolute atomic E-state index is 4.77. The first-order valence-corrected chi connectivity index (χ1v) is 6.77. The van der Waals surface area contributed by atoms with Gasteiger partial charge in [-0.05, 0) is 38.4 Å². The second kappa shape index (κ2) is 4.55. The van der Waals surface area contributed by atoms with Crippen LogP contribution in [0.15, 0.2) is 24.5 Å². The molecule has 2 aromatic rings. The van der Waals surface area contributed by atoms with Gasteiger partial charge in [0.15, 0.2) is 0 Å². The summed E-state index contributed by atoms with van der Waals surface area (Å²) in [7, 11) is 2.03. The predicted molar refractivity (Wildman–Crippen MR) is 70.1 cm³/mol. The van der Waals surface area contributed by atoms with Crippen molar-refractivity contribution in [2.75, 3.05) is 7.05 Å². The molecule has 3 nitrogen and oxygen atoms in total. The van der Waals surface area contributed by atoms with Crippen molar-refractivity contribution < 1.29 is 0 Å². The molecule has 0 aromatic carbocycles. The zero-order valence-corrected chi connectivity index (χ0v) is 10.6. The van der Waals surface area contributed by atoms with Crippen LogP contribution in [0.4, 0.5) is 0 Å². The van der Waals surface area contributed by atoms with Crippen LogP contribution < -0.4 is 5.32 Å². The topological polar surface area (TPSA) is 37.8 Å². The van der Waals surface area contributed by atoms with Crippen molar-refractivity contribution in [1.82, 2.24) is 15.3 Å². The van der Waals surface area contributed by atoms with Crippen LogP contribution in [0, 0.1) is 0 Å². The minimum Gasteiger partial charge on any atom is -0.312 e. The van der Waals surface area contributed by atoms with Crippen LogP contribution in [0.5, 0.6) is 0 Å². The smallest absolute Gasteiger partial charge is 0.124 e. The van der Waals surface area contributed by atoms with Gasteiger partial charge in [-0.25, -0.2) is 4.98 Å². The van der Waals surface area contributed by atoms with Crippen molar-refractivity contribution >= 4 is 11.3 Å². The molecule has 88 valence electrons. The third-order valence-corrected chi connectivity index (χ3v) is 4.49. The molecule has 17 heavy (non-hydrogen) atoms. The van der Waals surface area contributed by atoms with E-state index in [1.54, 1.807) is 0 Å². The van der Waals surface area contributed by atoms with E-state index in [0.29, 0.717) is 6.04 Å². The van der Waals surface area contributed by atoms with E-state index in [2.05, 4.69) is 10.3 Å². The highest BCUT2D eigenvalue weighted by atomic mass is 32.1. The summed E-state index contributed by atoms with van der Waals surface area (Å²) in [6.45, 7) is 0. The van der Waals surface area contributed by atoms with Gasteiger partial charge in [0.1, 0.15) is 5.01 Å². The third kappa shape index (κ3) is 1.98. The summed E-state index contributed by atoms with van der Waals surface area (Å²) in [6.07, 6.45) is 7.23. The van der Waals surface area contributed by atoms with E-state index in [1.807, 2.05) is 42.9 Å². The summed E-state index contributed by atoms with van der Waals surface area (Å²) in [5.74, 6) is 0. The number of fused-ring (bicyclic) bond motifs is 1. The molecule has 0 aliphatic heterocycles. The molecule has 0 saturated heterocycles. The van der Waals surface area contributed by atoms with Gasteiger partial charge in [0.05, 0.1) is 5.69 Å². The number of hydrogen-bond donors (Lipinski definition) is 1. The zero-order chi connectivity index (χ0) is 11.7. The maximum atomic E-state index is 4.77. The SMILES string of the molecule is CNC1CCCc2nc(-c3ccncc3)sc21. The van der Waals surface area contributed by atoms with Crippen molar-refractivity contribution in [1.29, 1.82) is 0 Å². The Hall–Kier alpha value is -1.26. The Kier molecular flexibility index (Phi) is 2.91. The molecule has 3 rings (SSSR count). The van der Waals surface area contributed by atoms with Crippen LogP contribution in [0.25, 0.3) is 10.6 Å². The molecule has 2 heterocycles. The molecule has 0 radical (unpaired) electrons. The largest absolute Gasteiger partial charge is 0.312 e. The first-order valence-electron chi connectivity index (χ1n) is 5.96. The first kappa shape index (κ1) is 10.9. The highest BCUT2D eigenvalue weighted by molar-refractivity contribution is 7.15. The van der Waals surface area contributed by atoms with E-state index in [9.17, 15) is 0 Å². The Morgan fingerprint density at radius 2 is 2.18 bits per heavy atom. The van der Waals surface area contributed by atoms with Gasteiger partial charge in [0, 0.05) is 28.9 Å². The number of nitrogens with one attached hydrogen (secondary N) is 1. The fraction of sp³-hybridized carbons (Fsp3) is 0.385. The lowest BCUT2D eigenvalue weighted by Gasteiger charge is -2.19. The summed E-state index contributed by atoms with van der Waals surface area (Å²) in [5, 5.41) is 4.51. The second-order valence-corrected chi connectivity index (χ2v) is 5.33. The molecule has 1 N–H and O–H groups in total. The molecular weight excluding hydrogens is 230 g/mol. The van der Waals surface area contributed by atoms with E-state index in [1.165, 1.54) is 29.0 Å². The zero-order valence-electron chi connectivity index (χ0n) is 9.81. The second-order valence-electron chi connectivity index (χ2n) is 4.30. The Labute approximate surface area is 105 Å². The monoisotopic (exact) mass is 245 g/mol. The lowest BCUT2D eigenvalue weighted by molar-refractivity contribution is 0.501. The van der Waals surface area contributed by atoms with Crippen LogP contribution in [0.2, 0.25) is 0 Å². The van der Waals surface area contributed by atoms with Crippen molar-refractivity contribution in [3.8, 4) is 10.6 Å². The van der Waals surface area contributed by atoms with Crippen molar-refractivity contribution in [2.24, 2.45) is 0 Å². The van der Waals surface area contributed by atoms with E-state index in [-0.39, 0.29) is 0 Å². The third-order valence-electron chi connectivity index (χ3n) is 3.23. The molecule has 1 unspecified atom stereocenters. The van der Waals surface area contributed by atoms with Gasteiger partial charge in [-0.2, -0.15) is 0 Å². The summed E-state index contributed by atoms with van der Waals surface area (Å²) >= 11 is 1.82. The molecule has 1 atom stereocenters. The fourth-order valence-corrected chi connectivity index (χ4v) is 3.57. The first-order chi connectivity index (χ1) is 8.38. The van der Waals surface area contributed by atoms with Gasteiger partial charge in [-0.3, -0.25) is 4.98 Å². The lowest BCUT2D eigenvalue weighted by atomic mass is 9.98. The number of hydrogen-bond acceptors (Lipinski definition) is 4. The molecule has 0 saturated carbocycles. The average Bonchev–Trinajstić information content (AvgIpc) is 2.83. The van der Waals surface area contributed by atoms with Gasteiger partial charge in [-0.1, -0.05) is 0 Å². The van der Waals surface area contributed by atoms with Crippen LogP contribution in [0.3, 0.4) is 0 Å². The van der Waals surface area contributed by atoms with Crippen LogP contribution in [-0.4, -0.2) is 17.0 Å². The Morgan fingerprint density at radius 1 is 1.35 bits per heavy atom. The van der Waals surface area contributed by atoms with Gasteiger partial charge >= 0.3 is 0 Å². The van der Waals surface area contributed by atoms with Crippen molar-refractivity contribution in [3.63, 3.8) is 0 Å². The average molecular weight is 245 g/mol. The predicted octanol–water partition coefficient (Wildman–Crippen LogP) is 2.80. The molecule has 4 heteroatoms. The molecule has 0 bridgehead atoms. The normalized spacial score (nSPS) is 19.0. The standard InChI is InChI=1S/C13H15N3S/c1-14-10-3-2-4-11-12(10)17-13(16-11)9-5-7-15-8-6-9/h5-8,10,14H,2-4H2,1H3. The number of rotatable bonds is 2.